The smallest absolute Gasteiger partial charge is 0.195 e. The van der Waals surface area contributed by atoms with Crippen LogP contribution < -0.4 is 20.1 Å². The largest absolute Gasteiger partial charge is 0.493 e. The Bertz CT molecular complexity index is 510. The highest BCUT2D eigenvalue weighted by atomic mass is 127. The number of nitrogens with one attached hydrogen (secondary N) is 2. The molecule has 0 spiro atoms. The lowest BCUT2D eigenvalue weighted by Gasteiger charge is -2.15. The van der Waals surface area contributed by atoms with Gasteiger partial charge in [0.15, 0.2) is 17.5 Å². The first kappa shape index (κ1) is 23.8. The quantitative estimate of drug-likeness (QED) is 0.239. The third-order valence-electron chi connectivity index (χ3n) is 3.16. The number of nitrogens with zero attached hydrogens (tertiary/aromatic N) is 1. The van der Waals surface area contributed by atoms with Crippen LogP contribution in [0.4, 0.5) is 5.69 Å². The zero-order chi connectivity index (χ0) is 17.8. The predicted molar refractivity (Wildman–Crippen MR) is 115 cm³/mol. The Balaban J connectivity index is 0.00000576. The van der Waals surface area contributed by atoms with E-state index in [0.717, 1.165) is 31.9 Å². The molecule has 1 aromatic carbocycles. The Kier molecular flexibility index (Phi) is 13.3. The van der Waals surface area contributed by atoms with E-state index in [4.69, 9.17) is 14.2 Å². The van der Waals surface area contributed by atoms with Crippen LogP contribution in [0.15, 0.2) is 23.2 Å². The van der Waals surface area contributed by atoms with Gasteiger partial charge in [-0.15, -0.1) is 24.0 Å². The van der Waals surface area contributed by atoms with Gasteiger partial charge in [-0.1, -0.05) is 13.8 Å². The van der Waals surface area contributed by atoms with Crippen molar-refractivity contribution in [2.75, 3.05) is 45.8 Å². The van der Waals surface area contributed by atoms with Crippen LogP contribution in [0.2, 0.25) is 0 Å². The maximum atomic E-state index is 5.59. The number of ether oxygens (including phenoxy) is 3. The fraction of sp³-hybridized carbons (Fsp3) is 0.611. The Hall–Kier alpha value is -1.22. The van der Waals surface area contributed by atoms with E-state index in [2.05, 4.69) is 29.5 Å². The van der Waals surface area contributed by atoms with Crippen LogP contribution in [0.25, 0.3) is 0 Å². The minimum atomic E-state index is 0. The molecule has 0 aliphatic rings. The first-order valence-corrected chi connectivity index (χ1v) is 8.46. The second-order valence-electron chi connectivity index (χ2n) is 5.74. The molecule has 0 fully saturated rings. The summed E-state index contributed by atoms with van der Waals surface area (Å²) in [5.41, 5.74) is 0.892. The number of halogens is 1. The molecule has 144 valence electrons. The van der Waals surface area contributed by atoms with Crippen molar-refractivity contribution in [1.29, 1.82) is 0 Å². The summed E-state index contributed by atoms with van der Waals surface area (Å²) in [7, 11) is 3.38. The van der Waals surface area contributed by atoms with Gasteiger partial charge < -0.3 is 24.8 Å². The molecule has 0 heterocycles. The highest BCUT2D eigenvalue weighted by Gasteiger charge is 2.06. The van der Waals surface area contributed by atoms with E-state index in [1.54, 1.807) is 14.2 Å². The van der Waals surface area contributed by atoms with Crippen LogP contribution in [0.3, 0.4) is 0 Å². The number of aliphatic imine (C=N–C) groups is 1. The summed E-state index contributed by atoms with van der Waals surface area (Å²) < 4.78 is 16.4. The Labute approximate surface area is 168 Å². The first-order chi connectivity index (χ1) is 11.6. The van der Waals surface area contributed by atoms with E-state index in [1.807, 2.05) is 25.1 Å². The van der Waals surface area contributed by atoms with Crippen molar-refractivity contribution >= 4 is 35.6 Å². The lowest BCUT2D eigenvalue weighted by Crippen LogP contribution is -2.32. The van der Waals surface area contributed by atoms with Crippen LogP contribution in [0, 0.1) is 5.92 Å². The number of benzene rings is 1. The summed E-state index contributed by atoms with van der Waals surface area (Å²) in [6, 6.07) is 5.71. The van der Waals surface area contributed by atoms with Gasteiger partial charge in [-0.05, 0) is 31.4 Å². The molecule has 0 aromatic heterocycles. The number of guanidine groups is 1. The lowest BCUT2D eigenvalue weighted by molar-refractivity contribution is 0.108. The summed E-state index contributed by atoms with van der Waals surface area (Å²) in [6.07, 6.45) is 0.931. The third kappa shape index (κ3) is 9.74. The third-order valence-corrected chi connectivity index (χ3v) is 3.16. The number of anilines is 1. The predicted octanol–water partition coefficient (Wildman–Crippen LogP) is 3.76. The van der Waals surface area contributed by atoms with E-state index in [1.165, 1.54) is 0 Å². The molecule has 0 amide bonds. The molecule has 25 heavy (non-hydrogen) atoms. The lowest BCUT2D eigenvalue weighted by atomic mass is 10.2. The van der Waals surface area contributed by atoms with Gasteiger partial charge >= 0.3 is 0 Å². The molecule has 0 bridgehead atoms. The second-order valence-corrected chi connectivity index (χ2v) is 5.74. The van der Waals surface area contributed by atoms with E-state index in [9.17, 15) is 0 Å². The van der Waals surface area contributed by atoms with Gasteiger partial charge in [0.05, 0.1) is 13.7 Å². The molecule has 7 heteroatoms. The topological polar surface area (TPSA) is 64.1 Å². The van der Waals surface area contributed by atoms with Crippen LogP contribution >= 0.6 is 24.0 Å². The van der Waals surface area contributed by atoms with Gasteiger partial charge in [0, 0.05) is 38.6 Å². The maximum absolute atomic E-state index is 5.59. The minimum absolute atomic E-state index is 0. The van der Waals surface area contributed by atoms with Crippen molar-refractivity contribution in [3.8, 4) is 11.5 Å². The molecule has 0 saturated carbocycles. The molecule has 0 saturated heterocycles. The number of hydrogen-bond acceptors (Lipinski definition) is 4. The van der Waals surface area contributed by atoms with E-state index < -0.39 is 0 Å². The molecule has 6 nitrogen and oxygen atoms in total. The molecule has 0 unspecified atom stereocenters. The molecule has 1 aromatic rings. The maximum Gasteiger partial charge on any atom is 0.195 e. The molecular weight excluding hydrogens is 433 g/mol. The molecule has 1 rings (SSSR count). The van der Waals surface area contributed by atoms with Crippen LogP contribution in [-0.4, -0.2) is 46.5 Å². The Morgan fingerprint density at radius 2 is 2.00 bits per heavy atom. The van der Waals surface area contributed by atoms with Crippen LogP contribution in [0.1, 0.15) is 27.2 Å². The average Bonchev–Trinajstić information content (AvgIpc) is 2.57. The van der Waals surface area contributed by atoms with Crippen molar-refractivity contribution in [3.63, 3.8) is 0 Å². The van der Waals surface area contributed by atoms with Gasteiger partial charge in [0.1, 0.15) is 0 Å². The molecular formula is C18H32IN3O3. The molecule has 0 aliphatic heterocycles. The van der Waals surface area contributed by atoms with Gasteiger partial charge in [0.2, 0.25) is 0 Å². The van der Waals surface area contributed by atoms with Crippen molar-refractivity contribution in [2.45, 2.75) is 27.2 Å². The van der Waals surface area contributed by atoms with E-state index >= 15 is 0 Å². The second kappa shape index (κ2) is 14.0. The molecule has 0 atom stereocenters. The first-order valence-electron chi connectivity index (χ1n) is 8.46. The molecule has 0 radical (unpaired) electrons. The summed E-state index contributed by atoms with van der Waals surface area (Å²) in [4.78, 5) is 4.23. The van der Waals surface area contributed by atoms with Gasteiger partial charge in [-0.3, -0.25) is 4.99 Å². The number of methoxy groups -OCH3 is 1. The van der Waals surface area contributed by atoms with Crippen molar-refractivity contribution in [2.24, 2.45) is 10.9 Å². The summed E-state index contributed by atoms with van der Waals surface area (Å²) >= 11 is 0. The van der Waals surface area contributed by atoms with Crippen LogP contribution in [0.5, 0.6) is 11.5 Å². The highest BCUT2D eigenvalue weighted by molar-refractivity contribution is 14.0. The van der Waals surface area contributed by atoms with Crippen molar-refractivity contribution < 1.29 is 14.2 Å². The summed E-state index contributed by atoms with van der Waals surface area (Å²) in [5, 5.41) is 6.52. The van der Waals surface area contributed by atoms with E-state index in [0.29, 0.717) is 30.0 Å². The van der Waals surface area contributed by atoms with Crippen LogP contribution in [-0.2, 0) is 4.74 Å². The summed E-state index contributed by atoms with van der Waals surface area (Å²) in [5.74, 6) is 2.71. The van der Waals surface area contributed by atoms with Crippen molar-refractivity contribution in [3.05, 3.63) is 18.2 Å². The number of rotatable bonds is 10. The summed E-state index contributed by atoms with van der Waals surface area (Å²) in [6.45, 7) is 9.18. The minimum Gasteiger partial charge on any atom is -0.493 e. The van der Waals surface area contributed by atoms with Gasteiger partial charge in [-0.2, -0.15) is 0 Å². The Morgan fingerprint density at radius 3 is 2.60 bits per heavy atom. The SMILES string of the molecule is CCOc1cc(NC(=NC)NCCCOCC(C)C)ccc1OC.I. The van der Waals surface area contributed by atoms with Gasteiger partial charge in [-0.25, -0.2) is 0 Å². The van der Waals surface area contributed by atoms with Crippen molar-refractivity contribution in [1.82, 2.24) is 5.32 Å². The standard InChI is InChI=1S/C18H31N3O3.HI/c1-6-24-17-12-15(8-9-16(17)22-5)21-18(19-4)20-10-7-11-23-13-14(2)3;/h8-9,12,14H,6-7,10-11,13H2,1-5H3,(H2,19,20,21);1H. The fourth-order valence-electron chi connectivity index (χ4n) is 2.04. The zero-order valence-corrected chi connectivity index (χ0v) is 18.3. The van der Waals surface area contributed by atoms with E-state index in [-0.39, 0.29) is 24.0 Å². The number of hydrogen-bond donors (Lipinski definition) is 2. The molecule has 2 N–H and O–H groups in total. The normalized spacial score (nSPS) is 11.0. The highest BCUT2D eigenvalue weighted by Crippen LogP contribution is 2.30. The average molecular weight is 465 g/mol. The van der Waals surface area contributed by atoms with Gasteiger partial charge in [0.25, 0.3) is 0 Å². The monoisotopic (exact) mass is 465 g/mol. The molecule has 0 aliphatic carbocycles. The Morgan fingerprint density at radius 1 is 1.24 bits per heavy atom. The fourth-order valence-corrected chi connectivity index (χ4v) is 2.04. The zero-order valence-electron chi connectivity index (χ0n) is 15.9.